The second-order valence-electron chi connectivity index (χ2n) is 6.39. The van der Waals surface area contributed by atoms with Gasteiger partial charge >= 0.3 is 11.9 Å². The molecule has 0 saturated carbocycles. The van der Waals surface area contributed by atoms with Crippen LogP contribution >= 0.6 is 0 Å². The number of hydrogen-bond acceptors (Lipinski definition) is 4. The molecule has 0 bridgehead atoms. The average molecular weight is 352 g/mol. The van der Waals surface area contributed by atoms with E-state index in [2.05, 4.69) is 12.1 Å². The van der Waals surface area contributed by atoms with E-state index in [9.17, 15) is 9.59 Å². The van der Waals surface area contributed by atoms with E-state index in [1.54, 1.807) is 12.3 Å². The lowest BCUT2D eigenvalue weighted by Gasteiger charge is -2.26. The molecule has 0 fully saturated rings. The van der Waals surface area contributed by atoms with Crippen LogP contribution in [0.2, 0.25) is 0 Å². The number of carbonyl (C=O) groups excluding carboxylic acids is 1. The van der Waals surface area contributed by atoms with Crippen molar-refractivity contribution in [3.8, 4) is 11.5 Å². The Balaban J connectivity index is 1.84. The van der Waals surface area contributed by atoms with Crippen LogP contribution in [0.25, 0.3) is 0 Å². The first-order valence-corrected chi connectivity index (χ1v) is 8.45. The summed E-state index contributed by atoms with van der Waals surface area (Å²) in [6, 6.07) is 13.7. The third-order valence-corrected chi connectivity index (χ3v) is 4.50. The molecule has 1 heterocycles. The lowest BCUT2D eigenvalue weighted by Crippen LogP contribution is -2.21. The van der Waals surface area contributed by atoms with Gasteiger partial charge in [-0.2, -0.15) is 0 Å². The number of aryl methyl sites for hydroxylation is 2. The third-order valence-electron chi connectivity index (χ3n) is 4.50. The minimum Gasteiger partial charge on any atom is -0.473 e. The molecular formula is C21H20O5. The fourth-order valence-corrected chi connectivity index (χ4v) is 3.12. The Morgan fingerprint density at radius 1 is 1.15 bits per heavy atom. The summed E-state index contributed by atoms with van der Waals surface area (Å²) in [6.45, 7) is 3.84. The highest BCUT2D eigenvalue weighted by molar-refractivity contribution is 6.29. The summed E-state index contributed by atoms with van der Waals surface area (Å²) < 4.78 is 10.8. The summed E-state index contributed by atoms with van der Waals surface area (Å²) in [5.41, 5.74) is 3.83. The molecule has 0 aromatic heterocycles. The van der Waals surface area contributed by atoms with E-state index >= 15 is 0 Å². The molecule has 0 saturated heterocycles. The van der Waals surface area contributed by atoms with Gasteiger partial charge in [0.05, 0.1) is 6.26 Å². The maximum Gasteiger partial charge on any atom is 0.422 e. The Kier molecular flexibility index (Phi) is 5.07. The van der Waals surface area contributed by atoms with Gasteiger partial charge in [-0.15, -0.1) is 0 Å². The highest BCUT2D eigenvalue weighted by Gasteiger charge is 2.27. The van der Waals surface area contributed by atoms with Crippen molar-refractivity contribution in [2.45, 2.75) is 32.6 Å². The van der Waals surface area contributed by atoms with Crippen LogP contribution in [0.1, 0.15) is 36.0 Å². The molecule has 3 rings (SSSR count). The maximum atomic E-state index is 11.5. The SMILES string of the molecule is Cc1cc2c(c(OC(=O)C(=O)O)c1)C(C)C(CCc1ccccc1)=CO2. The largest absolute Gasteiger partial charge is 0.473 e. The Morgan fingerprint density at radius 3 is 2.58 bits per heavy atom. The molecule has 1 unspecified atom stereocenters. The number of aliphatic carboxylic acids is 1. The molecule has 5 nitrogen and oxygen atoms in total. The van der Waals surface area contributed by atoms with Crippen molar-refractivity contribution in [3.63, 3.8) is 0 Å². The van der Waals surface area contributed by atoms with E-state index in [4.69, 9.17) is 14.6 Å². The van der Waals surface area contributed by atoms with Gasteiger partial charge in [-0.1, -0.05) is 37.3 Å². The van der Waals surface area contributed by atoms with Crippen molar-refractivity contribution in [2.75, 3.05) is 0 Å². The predicted octanol–water partition coefficient (Wildman–Crippen LogP) is 4.00. The summed E-state index contributed by atoms with van der Waals surface area (Å²) in [5, 5.41) is 8.83. The smallest absolute Gasteiger partial charge is 0.422 e. The van der Waals surface area contributed by atoms with Crippen molar-refractivity contribution in [1.29, 1.82) is 0 Å². The Bertz CT molecular complexity index is 867. The normalized spacial score (nSPS) is 15.5. The monoisotopic (exact) mass is 352 g/mol. The fraction of sp³-hybridized carbons (Fsp3) is 0.238. The van der Waals surface area contributed by atoms with Gasteiger partial charge in [-0.25, -0.2) is 9.59 Å². The molecule has 0 spiro atoms. The quantitative estimate of drug-likeness (QED) is 0.511. The Morgan fingerprint density at radius 2 is 1.88 bits per heavy atom. The molecule has 2 aromatic carbocycles. The van der Waals surface area contributed by atoms with Gasteiger partial charge in [-0.3, -0.25) is 0 Å². The molecule has 0 radical (unpaired) electrons. The highest BCUT2D eigenvalue weighted by atomic mass is 16.6. The van der Waals surface area contributed by atoms with Crippen molar-refractivity contribution >= 4 is 11.9 Å². The predicted molar refractivity (Wildman–Crippen MR) is 96.3 cm³/mol. The van der Waals surface area contributed by atoms with Crippen LogP contribution in [0.3, 0.4) is 0 Å². The zero-order valence-electron chi connectivity index (χ0n) is 14.7. The lowest BCUT2D eigenvalue weighted by molar-refractivity contribution is -0.158. The molecule has 0 aliphatic carbocycles. The first-order valence-electron chi connectivity index (χ1n) is 8.45. The fourth-order valence-electron chi connectivity index (χ4n) is 3.12. The molecule has 26 heavy (non-hydrogen) atoms. The molecule has 1 aliphatic rings. The van der Waals surface area contributed by atoms with Gasteiger partial charge in [0.25, 0.3) is 0 Å². The van der Waals surface area contributed by atoms with Gasteiger partial charge in [0.1, 0.15) is 11.5 Å². The minimum absolute atomic E-state index is 0.0420. The van der Waals surface area contributed by atoms with E-state index in [-0.39, 0.29) is 11.7 Å². The molecule has 134 valence electrons. The Labute approximate surface area is 151 Å². The number of carboxylic acids is 1. The number of rotatable bonds is 4. The van der Waals surface area contributed by atoms with E-state index in [1.165, 1.54) is 5.56 Å². The van der Waals surface area contributed by atoms with Crippen LogP contribution in [0.4, 0.5) is 0 Å². The zero-order valence-corrected chi connectivity index (χ0v) is 14.7. The van der Waals surface area contributed by atoms with Gasteiger partial charge < -0.3 is 14.6 Å². The highest BCUT2D eigenvalue weighted by Crippen LogP contribution is 2.44. The van der Waals surface area contributed by atoms with Crippen LogP contribution < -0.4 is 9.47 Å². The van der Waals surface area contributed by atoms with Crippen LogP contribution in [-0.4, -0.2) is 17.0 Å². The molecule has 2 aromatic rings. The lowest BCUT2D eigenvalue weighted by atomic mass is 9.86. The number of benzene rings is 2. The number of allylic oxidation sites excluding steroid dienone is 1. The van der Waals surface area contributed by atoms with Crippen molar-refractivity contribution in [1.82, 2.24) is 0 Å². The summed E-state index contributed by atoms with van der Waals surface area (Å²) in [4.78, 5) is 22.4. The summed E-state index contributed by atoms with van der Waals surface area (Å²) in [7, 11) is 0. The average Bonchev–Trinajstić information content (AvgIpc) is 2.61. The number of ether oxygens (including phenoxy) is 2. The van der Waals surface area contributed by atoms with Gasteiger partial charge in [-0.05, 0) is 48.6 Å². The first-order chi connectivity index (χ1) is 12.5. The molecule has 1 aliphatic heterocycles. The number of hydrogen-bond donors (Lipinski definition) is 1. The van der Waals surface area contributed by atoms with Gasteiger partial charge in [0.2, 0.25) is 0 Å². The van der Waals surface area contributed by atoms with Crippen molar-refractivity contribution in [3.05, 3.63) is 71.0 Å². The summed E-state index contributed by atoms with van der Waals surface area (Å²) in [6.07, 6.45) is 3.41. The third kappa shape index (κ3) is 3.77. The second-order valence-corrected chi connectivity index (χ2v) is 6.39. The van der Waals surface area contributed by atoms with E-state index < -0.39 is 11.9 Å². The zero-order chi connectivity index (χ0) is 18.7. The van der Waals surface area contributed by atoms with E-state index in [0.29, 0.717) is 11.3 Å². The topological polar surface area (TPSA) is 72.8 Å². The molecular weight excluding hydrogens is 332 g/mol. The molecule has 1 atom stereocenters. The van der Waals surface area contributed by atoms with Crippen LogP contribution in [-0.2, 0) is 16.0 Å². The molecule has 5 heteroatoms. The first kappa shape index (κ1) is 17.7. The number of carboxylic acid groups (broad SMARTS) is 1. The molecule has 0 amide bonds. The second kappa shape index (κ2) is 7.44. The van der Waals surface area contributed by atoms with Crippen LogP contribution in [0, 0.1) is 6.92 Å². The molecule has 1 N–H and O–H groups in total. The van der Waals surface area contributed by atoms with E-state index in [1.807, 2.05) is 38.1 Å². The minimum atomic E-state index is -1.62. The van der Waals surface area contributed by atoms with Gasteiger partial charge in [0.15, 0.2) is 0 Å². The van der Waals surface area contributed by atoms with Gasteiger partial charge in [0, 0.05) is 11.5 Å². The Hall–Kier alpha value is -3.08. The van der Waals surface area contributed by atoms with Crippen molar-refractivity contribution < 1.29 is 24.2 Å². The number of fused-ring (bicyclic) bond motifs is 1. The van der Waals surface area contributed by atoms with Crippen molar-refractivity contribution in [2.24, 2.45) is 0 Å². The number of carbonyl (C=O) groups is 2. The van der Waals surface area contributed by atoms with E-state index in [0.717, 1.165) is 24.0 Å². The van der Waals surface area contributed by atoms with Crippen LogP contribution in [0.15, 0.2) is 54.3 Å². The van der Waals surface area contributed by atoms with Crippen LogP contribution in [0.5, 0.6) is 11.5 Å². The summed E-state index contributed by atoms with van der Waals surface area (Å²) >= 11 is 0. The number of esters is 1. The summed E-state index contributed by atoms with van der Waals surface area (Å²) in [5.74, 6) is -2.13. The maximum absolute atomic E-state index is 11.5. The standard InChI is InChI=1S/C21H20O5/c1-13-10-17-19(18(11-13)26-21(24)20(22)23)14(2)16(12-25-17)9-8-15-6-4-3-5-7-15/h3-7,10-12,14H,8-9H2,1-2H3,(H,22,23).